The third kappa shape index (κ3) is 3.89. The average molecular weight is 443 g/mol. The number of anilines is 1. The third-order valence-electron chi connectivity index (χ3n) is 6.32. The van der Waals surface area contributed by atoms with Gasteiger partial charge < -0.3 is 14.8 Å². The van der Waals surface area contributed by atoms with E-state index in [4.69, 9.17) is 9.47 Å². The Morgan fingerprint density at radius 3 is 2.58 bits per heavy atom. The minimum Gasteiger partial charge on any atom is -0.465 e. The van der Waals surface area contributed by atoms with Gasteiger partial charge >= 0.3 is 11.9 Å². The third-order valence-corrected chi connectivity index (χ3v) is 6.32. The summed E-state index contributed by atoms with van der Waals surface area (Å²) < 4.78 is 23.7. The van der Waals surface area contributed by atoms with Crippen molar-refractivity contribution in [2.45, 2.75) is 18.4 Å². The van der Waals surface area contributed by atoms with E-state index in [0.717, 1.165) is 23.2 Å². The molecule has 0 spiro atoms. The predicted molar refractivity (Wildman–Crippen MR) is 122 cm³/mol. The lowest BCUT2D eigenvalue weighted by Crippen LogP contribution is -2.29. The lowest BCUT2D eigenvalue weighted by molar-refractivity contribution is 0.0593. The molecule has 1 aliphatic heterocycles. The summed E-state index contributed by atoms with van der Waals surface area (Å²) >= 11 is 0. The Bertz CT molecular complexity index is 1250. The SMILES string of the molecule is COC(=O)c1ccccc1OC(=O)c1ccc2c(c1)C1C=CCC1C(c1ccc(F)cc1)N2. The molecule has 0 saturated heterocycles. The molecule has 3 atom stereocenters. The van der Waals surface area contributed by atoms with Gasteiger partial charge in [0.2, 0.25) is 0 Å². The zero-order valence-electron chi connectivity index (χ0n) is 18.0. The van der Waals surface area contributed by atoms with Gasteiger partial charge in [0, 0.05) is 11.6 Å². The number of para-hydroxylation sites is 1. The average Bonchev–Trinajstić information content (AvgIpc) is 3.34. The van der Waals surface area contributed by atoms with E-state index >= 15 is 0 Å². The number of rotatable bonds is 4. The first-order chi connectivity index (χ1) is 16.0. The maximum Gasteiger partial charge on any atom is 0.343 e. The van der Waals surface area contributed by atoms with E-state index in [-0.39, 0.29) is 35.0 Å². The molecule has 0 fully saturated rings. The van der Waals surface area contributed by atoms with Gasteiger partial charge in [-0.2, -0.15) is 0 Å². The summed E-state index contributed by atoms with van der Waals surface area (Å²) in [6.07, 6.45) is 5.21. The fourth-order valence-electron chi connectivity index (χ4n) is 4.71. The molecule has 5 nitrogen and oxygen atoms in total. The highest BCUT2D eigenvalue weighted by molar-refractivity contribution is 5.96. The van der Waals surface area contributed by atoms with Crippen LogP contribution in [-0.4, -0.2) is 19.0 Å². The van der Waals surface area contributed by atoms with Crippen LogP contribution in [0.3, 0.4) is 0 Å². The van der Waals surface area contributed by atoms with Crippen molar-refractivity contribution in [1.29, 1.82) is 0 Å². The van der Waals surface area contributed by atoms with Crippen LogP contribution in [-0.2, 0) is 4.74 Å². The van der Waals surface area contributed by atoms with Gasteiger partial charge in [-0.25, -0.2) is 14.0 Å². The molecule has 3 aromatic rings. The largest absolute Gasteiger partial charge is 0.465 e. The van der Waals surface area contributed by atoms with E-state index < -0.39 is 11.9 Å². The summed E-state index contributed by atoms with van der Waals surface area (Å²) in [6.45, 7) is 0. The highest BCUT2D eigenvalue weighted by Crippen LogP contribution is 2.50. The van der Waals surface area contributed by atoms with Gasteiger partial charge in [0.15, 0.2) is 0 Å². The van der Waals surface area contributed by atoms with Crippen molar-refractivity contribution in [1.82, 2.24) is 0 Å². The Balaban J connectivity index is 1.43. The molecule has 0 aromatic heterocycles. The zero-order valence-corrected chi connectivity index (χ0v) is 18.0. The first-order valence-electron chi connectivity index (χ1n) is 10.8. The van der Waals surface area contributed by atoms with Crippen LogP contribution in [0.25, 0.3) is 0 Å². The fraction of sp³-hybridized carbons (Fsp3) is 0.185. The maximum atomic E-state index is 13.4. The van der Waals surface area contributed by atoms with Gasteiger partial charge in [-0.05, 0) is 65.9 Å². The number of hydrogen-bond acceptors (Lipinski definition) is 5. The molecular weight excluding hydrogens is 421 g/mol. The number of carbonyl (C=O) groups excluding carboxylic acids is 2. The van der Waals surface area contributed by atoms with Gasteiger partial charge in [0.05, 0.1) is 18.7 Å². The van der Waals surface area contributed by atoms with Gasteiger partial charge in [-0.15, -0.1) is 0 Å². The highest BCUT2D eigenvalue weighted by atomic mass is 19.1. The number of methoxy groups -OCH3 is 1. The van der Waals surface area contributed by atoms with Gasteiger partial charge in [-0.1, -0.05) is 36.4 Å². The number of fused-ring (bicyclic) bond motifs is 3. The Morgan fingerprint density at radius 2 is 1.79 bits per heavy atom. The standard InChI is InChI=1S/C27H22FNO4/c1-32-27(31)21-5-2-3-8-24(21)33-26(30)17-11-14-23-22(15-17)19-6-4-7-20(19)25(29-23)16-9-12-18(28)13-10-16/h2-6,8-15,19-20,25,29H,7H2,1H3. The molecule has 0 saturated carbocycles. The molecule has 3 unspecified atom stereocenters. The molecule has 33 heavy (non-hydrogen) atoms. The summed E-state index contributed by atoms with van der Waals surface area (Å²) in [5.41, 5.74) is 3.57. The van der Waals surface area contributed by atoms with Crippen molar-refractivity contribution < 1.29 is 23.5 Å². The molecule has 1 heterocycles. The molecule has 1 N–H and O–H groups in total. The van der Waals surface area contributed by atoms with Crippen molar-refractivity contribution >= 4 is 17.6 Å². The van der Waals surface area contributed by atoms with E-state index in [9.17, 15) is 14.0 Å². The first-order valence-corrected chi connectivity index (χ1v) is 10.8. The number of allylic oxidation sites excluding steroid dienone is 2. The van der Waals surface area contributed by atoms with Crippen LogP contribution >= 0.6 is 0 Å². The smallest absolute Gasteiger partial charge is 0.343 e. The number of benzene rings is 3. The number of hydrogen-bond donors (Lipinski definition) is 1. The van der Waals surface area contributed by atoms with Crippen LogP contribution in [0.15, 0.2) is 78.9 Å². The van der Waals surface area contributed by atoms with Crippen molar-refractivity contribution in [2.24, 2.45) is 5.92 Å². The lowest BCUT2D eigenvalue weighted by atomic mass is 9.76. The molecule has 0 amide bonds. The number of esters is 2. The topological polar surface area (TPSA) is 64.6 Å². The van der Waals surface area contributed by atoms with Crippen molar-refractivity contribution in [3.05, 3.63) is 107 Å². The predicted octanol–water partition coefficient (Wildman–Crippen LogP) is 5.66. The van der Waals surface area contributed by atoms with Crippen LogP contribution in [0.5, 0.6) is 5.75 Å². The molecule has 0 bridgehead atoms. The van der Waals surface area contributed by atoms with Crippen molar-refractivity contribution in [2.75, 3.05) is 12.4 Å². The van der Waals surface area contributed by atoms with E-state index in [1.807, 2.05) is 24.3 Å². The minimum absolute atomic E-state index is 0.0443. The molecule has 1 aliphatic carbocycles. The second kappa shape index (κ2) is 8.54. The first kappa shape index (κ1) is 20.9. The summed E-state index contributed by atoms with van der Waals surface area (Å²) in [6, 6.07) is 18.5. The maximum absolute atomic E-state index is 13.4. The second-order valence-electron chi connectivity index (χ2n) is 8.21. The Labute approximate surface area is 190 Å². The molecule has 5 rings (SSSR count). The van der Waals surface area contributed by atoms with Crippen LogP contribution in [0.4, 0.5) is 10.1 Å². The Morgan fingerprint density at radius 1 is 1.00 bits per heavy atom. The number of halogens is 1. The van der Waals surface area contributed by atoms with Gasteiger partial charge in [0.1, 0.15) is 17.1 Å². The van der Waals surface area contributed by atoms with Crippen molar-refractivity contribution in [3.8, 4) is 5.75 Å². The van der Waals surface area contributed by atoms with Crippen LogP contribution in [0.2, 0.25) is 0 Å². The quantitative estimate of drug-likeness (QED) is 0.320. The highest BCUT2D eigenvalue weighted by Gasteiger charge is 2.38. The van der Waals surface area contributed by atoms with E-state index in [0.29, 0.717) is 5.56 Å². The zero-order chi connectivity index (χ0) is 22.9. The molecule has 6 heteroatoms. The molecule has 166 valence electrons. The van der Waals surface area contributed by atoms with Crippen LogP contribution < -0.4 is 10.1 Å². The van der Waals surface area contributed by atoms with E-state index in [1.54, 1.807) is 30.3 Å². The Kier molecular flexibility index (Phi) is 5.42. The van der Waals surface area contributed by atoms with E-state index in [2.05, 4.69) is 17.5 Å². The summed E-state index contributed by atoms with van der Waals surface area (Å²) in [5, 5.41) is 3.58. The Hall–Kier alpha value is -3.93. The van der Waals surface area contributed by atoms with Crippen LogP contribution in [0.1, 0.15) is 50.2 Å². The van der Waals surface area contributed by atoms with E-state index in [1.165, 1.54) is 19.2 Å². The monoisotopic (exact) mass is 443 g/mol. The lowest BCUT2D eigenvalue weighted by Gasteiger charge is -2.37. The molecule has 2 aliphatic rings. The van der Waals surface area contributed by atoms with Gasteiger partial charge in [-0.3, -0.25) is 0 Å². The number of nitrogens with one attached hydrogen (secondary N) is 1. The summed E-state index contributed by atoms with van der Waals surface area (Å²) in [7, 11) is 1.28. The normalized spacial score (nSPS) is 20.4. The summed E-state index contributed by atoms with van der Waals surface area (Å²) in [4.78, 5) is 24.9. The van der Waals surface area contributed by atoms with Crippen LogP contribution in [0, 0.1) is 11.7 Å². The molecule has 3 aromatic carbocycles. The minimum atomic E-state index is -0.571. The second-order valence-corrected chi connectivity index (χ2v) is 8.21. The fourth-order valence-corrected chi connectivity index (χ4v) is 4.71. The number of carbonyl (C=O) groups is 2. The van der Waals surface area contributed by atoms with Crippen molar-refractivity contribution in [3.63, 3.8) is 0 Å². The molecular formula is C27H22FNO4. The molecule has 0 radical (unpaired) electrons. The van der Waals surface area contributed by atoms with Gasteiger partial charge in [0.25, 0.3) is 0 Å². The number of ether oxygens (including phenoxy) is 2. The summed E-state index contributed by atoms with van der Waals surface area (Å²) in [5.74, 6) is -0.832.